The summed E-state index contributed by atoms with van der Waals surface area (Å²) in [5.41, 5.74) is 3.68. The maximum Gasteiger partial charge on any atom is 0.198 e. The molecule has 0 bridgehead atoms. The molecule has 0 saturated carbocycles. The third-order valence-corrected chi connectivity index (χ3v) is 5.10. The highest BCUT2D eigenvalue weighted by Crippen LogP contribution is 2.44. The Morgan fingerprint density at radius 3 is 1.96 bits per heavy atom. The summed E-state index contributed by atoms with van der Waals surface area (Å²) in [5.74, 6) is -0.389. The smallest absolute Gasteiger partial charge is 0.198 e. The Bertz CT molecular complexity index is 949. The molecule has 1 aliphatic heterocycles. The van der Waals surface area contributed by atoms with Gasteiger partial charge >= 0.3 is 0 Å². The van der Waals surface area contributed by atoms with Gasteiger partial charge in [-0.3, -0.25) is 0 Å². The number of aliphatic hydroxyl groups excluding tert-OH is 1. The van der Waals surface area contributed by atoms with Gasteiger partial charge in [0.15, 0.2) is 12.3 Å². The highest BCUT2D eigenvalue weighted by molar-refractivity contribution is 5.85. The molecule has 1 unspecified atom stereocenters. The van der Waals surface area contributed by atoms with Gasteiger partial charge in [0, 0.05) is 11.6 Å². The Morgan fingerprint density at radius 2 is 1.33 bits per heavy atom. The Labute approximate surface area is 159 Å². The average molecular weight is 355 g/mol. The number of aliphatic hydroxyl groups is 1. The van der Waals surface area contributed by atoms with Crippen molar-refractivity contribution in [3.63, 3.8) is 0 Å². The topological polar surface area (TPSA) is 46.3 Å². The first-order valence-electron chi connectivity index (χ1n) is 9.09. The highest BCUT2D eigenvalue weighted by Gasteiger charge is 2.41. The lowest BCUT2D eigenvalue weighted by Crippen LogP contribution is -2.31. The van der Waals surface area contributed by atoms with Crippen LogP contribution in [0.1, 0.15) is 28.8 Å². The van der Waals surface area contributed by atoms with Crippen molar-refractivity contribution in [3.05, 3.63) is 119 Å². The maximum atomic E-state index is 12.8. The molecule has 3 atom stereocenters. The summed E-state index contributed by atoms with van der Waals surface area (Å²) in [6.07, 6.45) is 2.60. The van der Waals surface area contributed by atoms with Gasteiger partial charge in [-0.05, 0) is 16.7 Å². The number of rotatable bonds is 4. The van der Waals surface area contributed by atoms with E-state index in [9.17, 15) is 10.3 Å². The lowest BCUT2D eigenvalue weighted by Gasteiger charge is -2.34. The van der Waals surface area contributed by atoms with E-state index in [1.807, 2.05) is 97.1 Å². The van der Waals surface area contributed by atoms with Crippen LogP contribution in [0, 0.1) is 11.1 Å². The Balaban J connectivity index is 1.85. The minimum absolute atomic E-state index is 0.389. The fourth-order valence-corrected chi connectivity index (χ4v) is 3.81. The fraction of sp³-hybridized carbons (Fsp3) is 0.125. The lowest BCUT2D eigenvalue weighted by molar-refractivity contribution is -0.514. The van der Waals surface area contributed by atoms with E-state index in [0.29, 0.717) is 0 Å². The molecule has 3 aromatic rings. The van der Waals surface area contributed by atoms with Gasteiger partial charge in [-0.25, -0.2) is 4.74 Å². The minimum atomic E-state index is -0.798. The quantitative estimate of drug-likeness (QED) is 0.542. The van der Waals surface area contributed by atoms with Crippen molar-refractivity contribution in [1.82, 2.24) is 0 Å². The van der Waals surface area contributed by atoms with E-state index < -0.39 is 12.1 Å². The number of hydrogen-bond donors (Lipinski definition) is 1. The first-order valence-corrected chi connectivity index (χ1v) is 9.09. The number of allylic oxidation sites excluding steroid dienone is 1. The molecule has 27 heavy (non-hydrogen) atoms. The first-order chi connectivity index (χ1) is 13.3. The summed E-state index contributed by atoms with van der Waals surface area (Å²) in [6, 6.07) is 28.7. The van der Waals surface area contributed by atoms with Crippen molar-refractivity contribution in [1.29, 1.82) is 0 Å². The van der Waals surface area contributed by atoms with Gasteiger partial charge in [-0.2, -0.15) is 0 Å². The molecule has 1 N–H and O–H groups in total. The molecule has 1 heterocycles. The summed E-state index contributed by atoms with van der Waals surface area (Å²) in [5, 5.41) is 24.1. The van der Waals surface area contributed by atoms with E-state index in [4.69, 9.17) is 0 Å². The Kier molecular flexibility index (Phi) is 4.86. The van der Waals surface area contributed by atoms with Crippen LogP contribution in [0.15, 0.2) is 97.1 Å². The van der Waals surface area contributed by atoms with Crippen LogP contribution in [0.2, 0.25) is 0 Å². The normalized spacial score (nSPS) is 20.5. The molecule has 0 aliphatic carbocycles. The van der Waals surface area contributed by atoms with Crippen LogP contribution in [-0.2, 0) is 0 Å². The minimum Gasteiger partial charge on any atom is -0.623 e. The second kappa shape index (κ2) is 7.60. The lowest BCUT2D eigenvalue weighted by atomic mass is 9.76. The molecule has 3 nitrogen and oxygen atoms in total. The average Bonchev–Trinajstić information content (AvgIpc) is 2.75. The monoisotopic (exact) mass is 355 g/mol. The Morgan fingerprint density at radius 1 is 0.778 bits per heavy atom. The molecule has 0 spiro atoms. The molecule has 0 radical (unpaired) electrons. The van der Waals surface area contributed by atoms with Gasteiger partial charge in [0.2, 0.25) is 0 Å². The second-order valence-electron chi connectivity index (χ2n) is 6.73. The predicted octanol–water partition coefficient (Wildman–Crippen LogP) is 4.76. The SMILES string of the molecule is [O-][N+]1=CC=C(c2ccccc2)[C@@H](C(O)c2ccccc2)[C@@H]1c1ccccc1. The third-order valence-electron chi connectivity index (χ3n) is 5.10. The van der Waals surface area contributed by atoms with E-state index in [1.165, 1.54) is 0 Å². The number of nitrogens with zero attached hydrogens (tertiary/aromatic N) is 1. The van der Waals surface area contributed by atoms with Gasteiger partial charge in [-0.15, -0.1) is 0 Å². The second-order valence-corrected chi connectivity index (χ2v) is 6.73. The van der Waals surface area contributed by atoms with E-state index in [2.05, 4.69) is 0 Å². The van der Waals surface area contributed by atoms with Gasteiger partial charge in [-0.1, -0.05) is 91.0 Å². The zero-order valence-corrected chi connectivity index (χ0v) is 14.8. The molecule has 134 valence electrons. The molecule has 3 heteroatoms. The van der Waals surface area contributed by atoms with Crippen LogP contribution in [0.3, 0.4) is 0 Å². The first kappa shape index (κ1) is 17.3. The van der Waals surface area contributed by atoms with Crippen LogP contribution in [0.4, 0.5) is 0 Å². The van der Waals surface area contributed by atoms with Crippen molar-refractivity contribution in [3.8, 4) is 0 Å². The number of hydroxylamine groups is 1. The molecule has 1 aliphatic rings. The summed E-state index contributed by atoms with van der Waals surface area (Å²) < 4.78 is 0.957. The molecular weight excluding hydrogens is 334 g/mol. The summed E-state index contributed by atoms with van der Waals surface area (Å²) in [4.78, 5) is 0. The van der Waals surface area contributed by atoms with Crippen LogP contribution in [0.5, 0.6) is 0 Å². The fourth-order valence-electron chi connectivity index (χ4n) is 3.81. The molecule has 0 saturated heterocycles. The molecule has 4 rings (SSSR count). The van der Waals surface area contributed by atoms with Crippen LogP contribution < -0.4 is 0 Å². The van der Waals surface area contributed by atoms with Gasteiger partial charge in [0.25, 0.3) is 0 Å². The van der Waals surface area contributed by atoms with Gasteiger partial charge in [0.1, 0.15) is 0 Å². The van der Waals surface area contributed by atoms with E-state index in [-0.39, 0.29) is 5.92 Å². The van der Waals surface area contributed by atoms with Crippen molar-refractivity contribution in [2.45, 2.75) is 12.1 Å². The van der Waals surface area contributed by atoms with E-state index >= 15 is 0 Å². The highest BCUT2D eigenvalue weighted by atomic mass is 16.5. The maximum absolute atomic E-state index is 12.8. The third kappa shape index (κ3) is 3.42. The van der Waals surface area contributed by atoms with Crippen molar-refractivity contribution in [2.24, 2.45) is 5.92 Å². The Hall–Kier alpha value is -3.17. The van der Waals surface area contributed by atoms with Crippen LogP contribution >= 0.6 is 0 Å². The van der Waals surface area contributed by atoms with Crippen molar-refractivity contribution < 1.29 is 9.85 Å². The molecule has 3 aromatic carbocycles. The standard InChI is InChI=1S/C24H21NO2/c26-24(20-14-8-3-9-15-20)22-21(18-10-4-1-5-11-18)16-17-25(27)23(22)19-12-6-2-7-13-19/h1-17,22-24,26H/t22-,23+,24?/m1/s1. The zero-order valence-electron chi connectivity index (χ0n) is 14.8. The van der Waals surface area contributed by atoms with Crippen LogP contribution in [-0.4, -0.2) is 16.1 Å². The molecule has 0 amide bonds. The van der Waals surface area contributed by atoms with E-state index in [0.717, 1.165) is 27.0 Å². The van der Waals surface area contributed by atoms with Crippen molar-refractivity contribution >= 4 is 11.8 Å². The number of benzene rings is 3. The van der Waals surface area contributed by atoms with Gasteiger partial charge in [0.05, 0.1) is 12.0 Å². The summed E-state index contributed by atoms with van der Waals surface area (Å²) in [7, 11) is 0. The largest absolute Gasteiger partial charge is 0.623 e. The van der Waals surface area contributed by atoms with Crippen molar-refractivity contribution in [2.75, 3.05) is 0 Å². The molecule has 0 fully saturated rings. The summed E-state index contributed by atoms with van der Waals surface area (Å²) >= 11 is 0. The zero-order chi connectivity index (χ0) is 18.6. The summed E-state index contributed by atoms with van der Waals surface area (Å²) in [6.45, 7) is 0. The van der Waals surface area contributed by atoms with Gasteiger partial charge < -0.3 is 10.3 Å². The number of hydrogen-bond acceptors (Lipinski definition) is 2. The van der Waals surface area contributed by atoms with Crippen LogP contribution in [0.25, 0.3) is 5.57 Å². The molecule has 0 aromatic heterocycles. The molecular formula is C24H21NO2. The predicted molar refractivity (Wildman–Crippen MR) is 108 cm³/mol. The van der Waals surface area contributed by atoms with E-state index in [1.54, 1.807) is 6.21 Å².